The molecule has 0 atom stereocenters. The van der Waals surface area contributed by atoms with Crippen LogP contribution in [0.4, 0.5) is 0 Å². The second-order valence-corrected chi connectivity index (χ2v) is 1.38. The van der Waals surface area contributed by atoms with Gasteiger partial charge in [0.2, 0.25) is 0 Å². The van der Waals surface area contributed by atoms with Crippen molar-refractivity contribution in [2.75, 3.05) is 6.54 Å². The van der Waals surface area contributed by atoms with Gasteiger partial charge < -0.3 is 4.90 Å². The van der Waals surface area contributed by atoms with E-state index in [0.717, 1.165) is 6.54 Å². The van der Waals surface area contributed by atoms with Gasteiger partial charge in [-0.15, -0.1) is 0 Å². The van der Waals surface area contributed by atoms with E-state index >= 15 is 0 Å². The summed E-state index contributed by atoms with van der Waals surface area (Å²) in [4.78, 5) is 1.99. The van der Waals surface area contributed by atoms with Crippen molar-refractivity contribution in [3.05, 3.63) is 25.1 Å². The van der Waals surface area contributed by atoms with E-state index in [9.17, 15) is 0 Å². The van der Waals surface area contributed by atoms with Crippen LogP contribution in [0.3, 0.4) is 0 Å². The number of hydrogen-bond donors (Lipinski definition) is 0. The molecule has 0 N–H and O–H groups in total. The van der Waals surface area contributed by atoms with Gasteiger partial charge >= 0.3 is 0 Å². The molecule has 1 rings (SSSR count). The summed E-state index contributed by atoms with van der Waals surface area (Å²) in [6.07, 6.45) is 1.78. The van der Waals surface area contributed by atoms with Gasteiger partial charge in [0.1, 0.15) is 0 Å². The Morgan fingerprint density at radius 3 is 2.33 bits per heavy atom. The van der Waals surface area contributed by atoms with Crippen LogP contribution >= 0.6 is 0 Å². The molecule has 1 aliphatic heterocycles. The fraction of sp³-hybridized carbons (Fsp3) is 0.200. The average molecular weight is 81.1 g/mol. The highest BCUT2D eigenvalue weighted by atomic mass is 15.3. The maximum Gasteiger partial charge on any atom is 0.0619 e. The molecule has 1 nitrogen and oxygen atoms in total. The van der Waals surface area contributed by atoms with E-state index in [2.05, 4.69) is 13.2 Å². The van der Waals surface area contributed by atoms with Crippen molar-refractivity contribution in [3.8, 4) is 0 Å². The van der Waals surface area contributed by atoms with E-state index in [4.69, 9.17) is 0 Å². The standard InChI is InChI=1S/C5H7N/c1-3-6-4-5(6)2/h3H,1-2,4H2. The summed E-state index contributed by atoms with van der Waals surface area (Å²) in [7, 11) is 0. The van der Waals surface area contributed by atoms with Crippen LogP contribution in [0.5, 0.6) is 0 Å². The third-order valence-corrected chi connectivity index (χ3v) is 0.876. The van der Waals surface area contributed by atoms with Crippen molar-refractivity contribution >= 4 is 0 Å². The van der Waals surface area contributed by atoms with E-state index < -0.39 is 0 Å². The van der Waals surface area contributed by atoms with E-state index in [1.54, 1.807) is 6.20 Å². The first-order valence-corrected chi connectivity index (χ1v) is 1.91. The molecule has 0 spiro atoms. The molecule has 0 aromatic rings. The smallest absolute Gasteiger partial charge is 0.0619 e. The molecule has 0 amide bonds. The molecule has 32 valence electrons. The molecule has 0 radical (unpaired) electrons. The van der Waals surface area contributed by atoms with Crippen LogP contribution in [0.15, 0.2) is 25.1 Å². The lowest BCUT2D eigenvalue weighted by Crippen LogP contribution is -1.72. The first kappa shape index (κ1) is 3.47. The fourth-order valence-electron chi connectivity index (χ4n) is 0.355. The third kappa shape index (κ3) is 0.322. The lowest BCUT2D eigenvalue weighted by atomic mass is 10.8. The Labute approximate surface area is 37.6 Å². The van der Waals surface area contributed by atoms with Gasteiger partial charge in [-0.05, 0) is 6.20 Å². The highest BCUT2D eigenvalue weighted by Crippen LogP contribution is 2.17. The molecule has 0 aromatic carbocycles. The lowest BCUT2D eigenvalue weighted by Gasteiger charge is -1.78. The Hall–Kier alpha value is -0.720. The van der Waals surface area contributed by atoms with Crippen molar-refractivity contribution in [2.45, 2.75) is 0 Å². The van der Waals surface area contributed by atoms with Crippen LogP contribution in [0.2, 0.25) is 0 Å². The van der Waals surface area contributed by atoms with Crippen LogP contribution in [0.25, 0.3) is 0 Å². The summed E-state index contributed by atoms with van der Waals surface area (Å²) in [5.74, 6) is 0. The second kappa shape index (κ2) is 0.869. The van der Waals surface area contributed by atoms with Crippen molar-refractivity contribution in [1.82, 2.24) is 4.90 Å². The van der Waals surface area contributed by atoms with Crippen LogP contribution in [-0.2, 0) is 0 Å². The largest absolute Gasteiger partial charge is 0.345 e. The van der Waals surface area contributed by atoms with E-state index in [1.807, 2.05) is 4.90 Å². The van der Waals surface area contributed by atoms with Gasteiger partial charge in [0.25, 0.3) is 0 Å². The number of nitrogens with zero attached hydrogens (tertiary/aromatic N) is 1. The van der Waals surface area contributed by atoms with Gasteiger partial charge in [-0.25, -0.2) is 0 Å². The SMILES string of the molecule is C=CN1CC1=C. The summed E-state index contributed by atoms with van der Waals surface area (Å²) in [6, 6.07) is 0. The van der Waals surface area contributed by atoms with Gasteiger partial charge in [-0.3, -0.25) is 0 Å². The normalized spacial score (nSPS) is 18.0. The molecule has 1 aliphatic rings. The van der Waals surface area contributed by atoms with Crippen LogP contribution in [0.1, 0.15) is 0 Å². The maximum absolute atomic E-state index is 3.67. The summed E-state index contributed by atoms with van der Waals surface area (Å²) >= 11 is 0. The Balaban J connectivity index is 2.44. The Morgan fingerprint density at radius 2 is 2.33 bits per heavy atom. The third-order valence-electron chi connectivity index (χ3n) is 0.876. The van der Waals surface area contributed by atoms with Crippen LogP contribution in [0, 0.1) is 0 Å². The fourth-order valence-corrected chi connectivity index (χ4v) is 0.355. The predicted octanol–water partition coefficient (Wildman–Crippen LogP) is 0.959. The minimum absolute atomic E-state index is 1.02. The van der Waals surface area contributed by atoms with E-state index in [0.29, 0.717) is 0 Å². The first-order valence-electron chi connectivity index (χ1n) is 1.91. The molecular formula is C5H7N. The Kier molecular flexibility index (Phi) is 0.502. The zero-order valence-corrected chi connectivity index (χ0v) is 3.65. The summed E-state index contributed by atoms with van der Waals surface area (Å²) < 4.78 is 0. The zero-order chi connectivity index (χ0) is 4.57. The minimum Gasteiger partial charge on any atom is -0.345 e. The van der Waals surface area contributed by atoms with Crippen molar-refractivity contribution < 1.29 is 0 Å². The van der Waals surface area contributed by atoms with Gasteiger partial charge in [0, 0.05) is 5.70 Å². The average Bonchev–Trinajstić information content (AvgIpc) is 2.19. The molecule has 6 heavy (non-hydrogen) atoms. The van der Waals surface area contributed by atoms with E-state index in [-0.39, 0.29) is 0 Å². The van der Waals surface area contributed by atoms with Crippen molar-refractivity contribution in [1.29, 1.82) is 0 Å². The Bertz CT molecular complexity index is 94.1. The van der Waals surface area contributed by atoms with Crippen molar-refractivity contribution in [2.24, 2.45) is 0 Å². The van der Waals surface area contributed by atoms with Gasteiger partial charge in [-0.1, -0.05) is 13.2 Å². The molecule has 1 heterocycles. The highest BCUT2D eigenvalue weighted by Gasteiger charge is 2.17. The summed E-state index contributed by atoms with van der Waals surface area (Å²) in [5, 5.41) is 0. The van der Waals surface area contributed by atoms with Gasteiger partial charge in [-0.2, -0.15) is 0 Å². The number of hydrogen-bond acceptors (Lipinski definition) is 1. The maximum atomic E-state index is 3.67. The quantitative estimate of drug-likeness (QED) is 0.425. The van der Waals surface area contributed by atoms with Gasteiger partial charge in [0.15, 0.2) is 0 Å². The second-order valence-electron chi connectivity index (χ2n) is 1.38. The summed E-state index contributed by atoms with van der Waals surface area (Å²) in [5.41, 5.74) is 1.17. The molecule has 0 saturated carbocycles. The van der Waals surface area contributed by atoms with Crippen molar-refractivity contribution in [3.63, 3.8) is 0 Å². The summed E-state index contributed by atoms with van der Waals surface area (Å²) in [6.45, 7) is 8.23. The monoisotopic (exact) mass is 81.1 g/mol. The van der Waals surface area contributed by atoms with Crippen LogP contribution < -0.4 is 0 Å². The molecule has 0 bridgehead atoms. The molecular weight excluding hydrogens is 74.1 g/mol. The molecule has 0 unspecified atom stereocenters. The predicted molar refractivity (Wildman–Crippen MR) is 26.0 cm³/mol. The molecule has 0 aromatic heterocycles. The topological polar surface area (TPSA) is 3.01 Å². The first-order chi connectivity index (χ1) is 2.84. The van der Waals surface area contributed by atoms with Gasteiger partial charge in [0.05, 0.1) is 6.54 Å². The molecule has 0 aliphatic carbocycles. The highest BCUT2D eigenvalue weighted by molar-refractivity contribution is 5.16. The molecule has 1 fully saturated rings. The Morgan fingerprint density at radius 1 is 1.83 bits per heavy atom. The molecule has 1 saturated heterocycles. The van der Waals surface area contributed by atoms with E-state index in [1.165, 1.54) is 5.70 Å². The minimum atomic E-state index is 1.02. The van der Waals surface area contributed by atoms with Crippen LogP contribution in [-0.4, -0.2) is 11.4 Å². The molecule has 1 heteroatoms. The zero-order valence-electron chi connectivity index (χ0n) is 3.65. The number of rotatable bonds is 1. The lowest BCUT2D eigenvalue weighted by molar-refractivity contribution is 0.810.